The molecule has 0 bridgehead atoms. The van der Waals surface area contributed by atoms with Crippen molar-refractivity contribution in [1.29, 1.82) is 0 Å². The molecule has 0 fully saturated rings. The second kappa shape index (κ2) is 6.04. The molecule has 0 atom stereocenters. The Morgan fingerprint density at radius 3 is 2.53 bits per heavy atom. The number of alkyl halides is 3. The van der Waals surface area contributed by atoms with E-state index in [2.05, 4.69) is 4.98 Å². The molecule has 0 saturated heterocycles. The number of thiazole rings is 1. The van der Waals surface area contributed by atoms with Gasteiger partial charge in [-0.25, -0.2) is 9.78 Å². The van der Waals surface area contributed by atoms with Gasteiger partial charge in [0.15, 0.2) is 0 Å². The molecule has 1 aromatic heterocycles. The zero-order valence-electron chi connectivity index (χ0n) is 9.73. The van der Waals surface area contributed by atoms with Crippen LogP contribution in [0.3, 0.4) is 0 Å². The van der Waals surface area contributed by atoms with Crippen LogP contribution in [0.2, 0.25) is 0 Å². The third-order valence-corrected chi connectivity index (χ3v) is 3.19. The van der Waals surface area contributed by atoms with Crippen molar-refractivity contribution in [1.82, 2.24) is 4.98 Å². The largest absolute Gasteiger partial charge is 0.477 e. The van der Waals surface area contributed by atoms with Gasteiger partial charge >= 0.3 is 12.1 Å². The van der Waals surface area contributed by atoms with Gasteiger partial charge in [-0.15, -0.1) is 11.3 Å². The van der Waals surface area contributed by atoms with Crippen molar-refractivity contribution in [3.63, 3.8) is 0 Å². The van der Waals surface area contributed by atoms with Gasteiger partial charge in [0.1, 0.15) is 9.88 Å². The fourth-order valence-corrected chi connectivity index (χ4v) is 2.09. The van der Waals surface area contributed by atoms with Gasteiger partial charge in [0.05, 0.1) is 11.8 Å². The van der Waals surface area contributed by atoms with Gasteiger partial charge < -0.3 is 5.11 Å². The maximum absolute atomic E-state index is 12.5. The Kier molecular flexibility index (Phi) is 5.14. The molecule has 1 heterocycles. The molecule has 1 N–H and O–H groups in total. The van der Waals surface area contributed by atoms with Crippen molar-refractivity contribution in [2.45, 2.75) is 6.18 Å². The second-order valence-corrected chi connectivity index (χ2v) is 4.44. The number of aromatic nitrogens is 1. The first-order valence-electron chi connectivity index (χ1n) is 4.74. The number of carboxylic acids is 1. The summed E-state index contributed by atoms with van der Waals surface area (Å²) in [6.45, 7) is 0. The van der Waals surface area contributed by atoms with Crippen molar-refractivity contribution in [3.8, 4) is 10.6 Å². The van der Waals surface area contributed by atoms with Gasteiger partial charge in [-0.05, 0) is 12.1 Å². The number of carbonyl (C=O) groups is 1. The average molecular weight is 296 g/mol. The van der Waals surface area contributed by atoms with E-state index in [1.165, 1.54) is 12.1 Å². The third-order valence-electron chi connectivity index (χ3n) is 2.15. The smallest absolute Gasteiger partial charge is 0.416 e. The standard InChI is InChI=1S/C11H6F3NO2S.Na/c12-11(13,14)7-3-1-2-6(4-7)9-15-5-8(18-9)10(16)17;/h1-5H,(H,16,17);. The van der Waals surface area contributed by atoms with Gasteiger partial charge in [-0.3, -0.25) is 0 Å². The predicted octanol–water partition coefficient (Wildman–Crippen LogP) is 3.15. The number of hydrogen-bond donors (Lipinski definition) is 1. The van der Waals surface area contributed by atoms with Crippen molar-refractivity contribution in [2.75, 3.05) is 0 Å². The molecule has 0 saturated carbocycles. The van der Waals surface area contributed by atoms with Crippen LogP contribution in [0.25, 0.3) is 10.6 Å². The summed E-state index contributed by atoms with van der Waals surface area (Å²) in [5, 5.41) is 8.97. The van der Waals surface area contributed by atoms with E-state index >= 15 is 0 Å². The Morgan fingerprint density at radius 1 is 1.32 bits per heavy atom. The average Bonchev–Trinajstić information content (AvgIpc) is 2.77. The van der Waals surface area contributed by atoms with Crippen LogP contribution in [-0.2, 0) is 6.18 Å². The monoisotopic (exact) mass is 296 g/mol. The predicted molar refractivity (Wildman–Crippen MR) is 65.3 cm³/mol. The van der Waals surface area contributed by atoms with E-state index in [9.17, 15) is 18.0 Å². The molecule has 95 valence electrons. The van der Waals surface area contributed by atoms with Gasteiger partial charge in [-0.2, -0.15) is 13.2 Å². The molecule has 1 aromatic carbocycles. The molecule has 19 heavy (non-hydrogen) atoms. The maximum Gasteiger partial charge on any atom is 0.416 e. The van der Waals surface area contributed by atoms with Gasteiger partial charge in [-0.1, -0.05) is 12.1 Å². The van der Waals surface area contributed by atoms with E-state index in [1.807, 2.05) is 0 Å². The molecular formula is C11H6F3NNaO2S. The fraction of sp³-hybridized carbons (Fsp3) is 0.0909. The van der Waals surface area contributed by atoms with Gasteiger partial charge in [0, 0.05) is 35.1 Å². The first kappa shape index (κ1) is 16.2. The Bertz CT molecular complexity index is 598. The Balaban J connectivity index is 0.00000180. The number of nitrogens with zero attached hydrogens (tertiary/aromatic N) is 1. The van der Waals surface area contributed by atoms with Gasteiger partial charge in [0.25, 0.3) is 0 Å². The van der Waals surface area contributed by atoms with Crippen molar-refractivity contribution in [2.24, 2.45) is 0 Å². The molecule has 0 aliphatic carbocycles. The van der Waals surface area contributed by atoms with Crippen LogP contribution >= 0.6 is 11.3 Å². The van der Waals surface area contributed by atoms with Crippen LogP contribution in [-0.4, -0.2) is 45.6 Å². The van der Waals surface area contributed by atoms with E-state index in [-0.39, 0.29) is 45.0 Å². The van der Waals surface area contributed by atoms with Crippen molar-refractivity contribution in [3.05, 3.63) is 40.9 Å². The number of carboxylic acid groups (broad SMARTS) is 1. The van der Waals surface area contributed by atoms with E-state index < -0.39 is 17.7 Å². The molecule has 3 nitrogen and oxygen atoms in total. The zero-order valence-corrected chi connectivity index (χ0v) is 12.5. The maximum atomic E-state index is 12.5. The molecule has 0 aliphatic rings. The Labute approximate surface area is 132 Å². The molecular weight excluding hydrogens is 290 g/mol. The SMILES string of the molecule is O=C(O)c1cnc(-c2cccc(C(F)(F)F)c2)s1.[Na]. The van der Waals surface area contributed by atoms with Crippen LogP contribution < -0.4 is 0 Å². The summed E-state index contributed by atoms with van der Waals surface area (Å²) in [6.07, 6.45) is -3.30. The van der Waals surface area contributed by atoms with Crippen LogP contribution in [0.1, 0.15) is 15.2 Å². The first-order chi connectivity index (χ1) is 8.38. The number of rotatable bonds is 2. The minimum Gasteiger partial charge on any atom is -0.477 e. The zero-order chi connectivity index (χ0) is 13.3. The fourth-order valence-electron chi connectivity index (χ4n) is 1.34. The molecule has 0 unspecified atom stereocenters. The third kappa shape index (κ3) is 3.79. The second-order valence-electron chi connectivity index (χ2n) is 3.41. The van der Waals surface area contributed by atoms with Gasteiger partial charge in [0.2, 0.25) is 0 Å². The molecule has 0 spiro atoms. The van der Waals surface area contributed by atoms with E-state index in [1.54, 1.807) is 0 Å². The summed E-state index contributed by atoms with van der Waals surface area (Å²) in [5.74, 6) is -1.15. The summed E-state index contributed by atoms with van der Waals surface area (Å²) in [6, 6.07) is 4.62. The summed E-state index contributed by atoms with van der Waals surface area (Å²) in [7, 11) is 0. The summed E-state index contributed by atoms with van der Waals surface area (Å²) >= 11 is 0.835. The summed E-state index contributed by atoms with van der Waals surface area (Å²) < 4.78 is 37.5. The Hall–Kier alpha value is -0.890. The number of hydrogen-bond acceptors (Lipinski definition) is 3. The number of halogens is 3. The Morgan fingerprint density at radius 2 is 2.00 bits per heavy atom. The van der Waals surface area contributed by atoms with E-state index in [4.69, 9.17) is 5.11 Å². The minimum absolute atomic E-state index is 0. The van der Waals surface area contributed by atoms with Crippen LogP contribution in [0.5, 0.6) is 0 Å². The van der Waals surface area contributed by atoms with Crippen LogP contribution in [0.15, 0.2) is 30.5 Å². The summed E-state index contributed by atoms with van der Waals surface area (Å²) in [5.41, 5.74) is -0.533. The van der Waals surface area contributed by atoms with Crippen molar-refractivity contribution >= 4 is 46.9 Å². The van der Waals surface area contributed by atoms with E-state index in [0.29, 0.717) is 0 Å². The normalized spacial score (nSPS) is 10.9. The topological polar surface area (TPSA) is 50.2 Å². The molecule has 2 rings (SSSR count). The van der Waals surface area contributed by atoms with Crippen LogP contribution in [0, 0.1) is 0 Å². The number of aromatic carboxylic acids is 1. The molecule has 0 aliphatic heterocycles. The van der Waals surface area contributed by atoms with E-state index in [0.717, 1.165) is 29.7 Å². The molecule has 0 amide bonds. The number of benzene rings is 1. The molecule has 1 radical (unpaired) electrons. The minimum atomic E-state index is -4.43. The quantitative estimate of drug-likeness (QED) is 0.866. The summed E-state index contributed by atoms with van der Waals surface area (Å²) in [4.78, 5) is 14.5. The first-order valence-corrected chi connectivity index (χ1v) is 5.56. The van der Waals surface area contributed by atoms with Crippen LogP contribution in [0.4, 0.5) is 13.2 Å². The van der Waals surface area contributed by atoms with Crippen molar-refractivity contribution < 1.29 is 23.1 Å². The molecule has 2 aromatic rings. The molecule has 8 heteroatoms.